The number of hydrogen-bond donors (Lipinski definition) is 2. The van der Waals surface area contributed by atoms with Gasteiger partial charge < -0.3 is 24.6 Å². The van der Waals surface area contributed by atoms with E-state index in [0.29, 0.717) is 47.6 Å². The molecule has 5 aromatic rings. The van der Waals surface area contributed by atoms with Crippen molar-refractivity contribution in [3.05, 3.63) is 90.0 Å². The molecule has 2 N–H and O–H groups in total. The van der Waals surface area contributed by atoms with E-state index in [9.17, 15) is 23.1 Å². The molecule has 5 heterocycles. The van der Waals surface area contributed by atoms with E-state index in [0.717, 1.165) is 43.7 Å². The number of carbonyl (C=O) groups excluding carboxylic acids is 1. The highest BCUT2D eigenvalue weighted by Gasteiger charge is 2.52. The van der Waals surface area contributed by atoms with Crippen LogP contribution in [0.2, 0.25) is 0 Å². The molecule has 284 valence electrons. The first kappa shape index (κ1) is 35.9. The average Bonchev–Trinajstić information content (AvgIpc) is 4.03. The molecule has 3 fully saturated rings. The molecular weight excluding hydrogens is 701 g/mol. The number of halogens is 3. The van der Waals surface area contributed by atoms with E-state index in [-0.39, 0.29) is 12.3 Å². The monoisotopic (exact) mass is 744 g/mol. The van der Waals surface area contributed by atoms with Gasteiger partial charge in [0.2, 0.25) is 5.95 Å². The number of benzene rings is 2. The number of rotatable bonds is 11. The first-order valence-electron chi connectivity index (χ1n) is 18.6. The Balaban J connectivity index is 1.17. The summed E-state index contributed by atoms with van der Waals surface area (Å²) in [6.07, 6.45) is -1.43. The summed E-state index contributed by atoms with van der Waals surface area (Å²) in [5, 5.41) is 23.9. The maximum Gasteiger partial charge on any atom is 0.490 e. The Hall–Kier alpha value is -5.09. The number of anilines is 2. The summed E-state index contributed by atoms with van der Waals surface area (Å²) in [6, 6.07) is 18.9. The molecule has 0 unspecified atom stereocenters. The molecule has 8 rings (SSSR count). The molecule has 1 saturated carbocycles. The van der Waals surface area contributed by atoms with E-state index in [4.69, 9.17) is 19.7 Å². The molecule has 3 aliphatic rings. The highest BCUT2D eigenvalue weighted by atomic mass is 19.4. The number of hydrogen-bond acceptors (Lipinski definition) is 11. The Bertz CT molecular complexity index is 2010. The summed E-state index contributed by atoms with van der Waals surface area (Å²) >= 11 is 0. The number of aromatic nitrogens is 7. The third-order valence-corrected chi connectivity index (χ3v) is 11.0. The van der Waals surface area contributed by atoms with Crippen molar-refractivity contribution >= 4 is 28.9 Å². The normalized spacial score (nSPS) is 23.5. The van der Waals surface area contributed by atoms with Gasteiger partial charge in [0.1, 0.15) is 12.1 Å². The van der Waals surface area contributed by atoms with Crippen LogP contribution in [0.4, 0.5) is 24.9 Å². The number of likely N-dealkylation sites (tertiary alicyclic amines) is 1. The fourth-order valence-corrected chi connectivity index (χ4v) is 8.18. The highest BCUT2D eigenvalue weighted by molar-refractivity contribution is 5.84. The van der Waals surface area contributed by atoms with E-state index < -0.39 is 36.4 Å². The van der Waals surface area contributed by atoms with Gasteiger partial charge in [-0.25, -0.2) is 9.78 Å². The second-order valence-corrected chi connectivity index (χ2v) is 14.3. The highest BCUT2D eigenvalue weighted by Crippen LogP contribution is 2.42. The van der Waals surface area contributed by atoms with Crippen molar-refractivity contribution in [2.24, 2.45) is 0 Å². The minimum Gasteiger partial charge on any atom is -0.450 e. The lowest BCUT2D eigenvalue weighted by Crippen LogP contribution is -2.39. The first-order chi connectivity index (χ1) is 26.2. The number of aliphatic hydroxyl groups excluding tert-OH is 1. The average molecular weight is 745 g/mol. The third kappa shape index (κ3) is 7.11. The van der Waals surface area contributed by atoms with Gasteiger partial charge in [-0.2, -0.15) is 38.1 Å². The summed E-state index contributed by atoms with van der Waals surface area (Å²) in [5.41, 5.74) is 3.70. The predicted octanol–water partition coefficient (Wildman–Crippen LogP) is 4.92. The number of imidazole rings is 1. The number of aryl methyl sites for hydroxylation is 1. The van der Waals surface area contributed by atoms with Crippen molar-refractivity contribution < 1.29 is 27.8 Å². The summed E-state index contributed by atoms with van der Waals surface area (Å²) in [5.74, 6) is -1.42. The van der Waals surface area contributed by atoms with Crippen molar-refractivity contribution in [3.63, 3.8) is 0 Å². The predicted molar refractivity (Wildman–Crippen MR) is 194 cm³/mol. The lowest BCUT2D eigenvalue weighted by Gasteiger charge is -2.25. The fraction of sp³-hybridized carbons (Fsp3) is 0.474. The van der Waals surface area contributed by atoms with E-state index in [1.54, 1.807) is 4.57 Å². The summed E-state index contributed by atoms with van der Waals surface area (Å²) in [4.78, 5) is 32.8. The smallest absolute Gasteiger partial charge is 0.450 e. The molecule has 2 aliphatic heterocycles. The molecule has 54 heavy (non-hydrogen) atoms. The number of carbonyl (C=O) groups is 1. The second-order valence-electron chi connectivity index (χ2n) is 14.3. The summed E-state index contributed by atoms with van der Waals surface area (Å²) in [7, 11) is 0. The molecule has 3 aromatic heterocycles. The van der Waals surface area contributed by atoms with Gasteiger partial charge >= 0.3 is 12.1 Å². The summed E-state index contributed by atoms with van der Waals surface area (Å²) in [6.45, 7) is 6.01. The van der Waals surface area contributed by atoms with Crippen molar-refractivity contribution in [1.29, 1.82) is 0 Å². The van der Waals surface area contributed by atoms with Crippen LogP contribution in [0.25, 0.3) is 11.2 Å². The van der Waals surface area contributed by atoms with Crippen LogP contribution < -0.4 is 10.2 Å². The molecule has 0 spiro atoms. The minimum atomic E-state index is -5.25. The third-order valence-electron chi connectivity index (χ3n) is 11.0. The van der Waals surface area contributed by atoms with Crippen LogP contribution in [-0.2, 0) is 16.0 Å². The number of esters is 1. The van der Waals surface area contributed by atoms with Crippen LogP contribution in [0.5, 0.6) is 0 Å². The van der Waals surface area contributed by atoms with Crippen molar-refractivity contribution in [3.8, 4) is 0 Å². The first-order valence-corrected chi connectivity index (χ1v) is 18.6. The van der Waals surface area contributed by atoms with Gasteiger partial charge in [0.05, 0.1) is 24.3 Å². The summed E-state index contributed by atoms with van der Waals surface area (Å²) < 4.78 is 47.0. The maximum absolute atomic E-state index is 13.5. The van der Waals surface area contributed by atoms with Crippen LogP contribution in [0.1, 0.15) is 67.4 Å². The quantitative estimate of drug-likeness (QED) is 0.178. The molecular formula is C38H43F3N10O3. The van der Waals surface area contributed by atoms with E-state index >= 15 is 0 Å². The molecule has 2 saturated heterocycles. The Kier molecular flexibility index (Phi) is 9.96. The van der Waals surface area contributed by atoms with E-state index in [1.807, 2.05) is 43.3 Å². The zero-order valence-corrected chi connectivity index (χ0v) is 29.9. The number of ether oxygens (including phenoxy) is 1. The molecule has 16 heteroatoms. The fourth-order valence-electron chi connectivity index (χ4n) is 8.18. The van der Waals surface area contributed by atoms with Crippen LogP contribution in [0.3, 0.4) is 0 Å². The zero-order chi connectivity index (χ0) is 37.4. The Morgan fingerprint density at radius 1 is 1.00 bits per heavy atom. The molecule has 0 amide bonds. The van der Waals surface area contributed by atoms with Gasteiger partial charge in [-0.05, 0) is 56.3 Å². The minimum absolute atomic E-state index is 0.0228. The Morgan fingerprint density at radius 3 is 2.35 bits per heavy atom. The van der Waals surface area contributed by atoms with Crippen LogP contribution >= 0.6 is 0 Å². The zero-order valence-electron chi connectivity index (χ0n) is 29.9. The lowest BCUT2D eigenvalue weighted by atomic mass is 9.91. The van der Waals surface area contributed by atoms with E-state index in [1.165, 1.54) is 30.2 Å². The number of aliphatic hydroxyl groups is 1. The number of nitrogens with one attached hydrogen (secondary N) is 1. The van der Waals surface area contributed by atoms with Crippen LogP contribution in [-0.4, -0.2) is 108 Å². The maximum atomic E-state index is 13.5. The van der Waals surface area contributed by atoms with Gasteiger partial charge in [-0.1, -0.05) is 67.6 Å². The number of nitrogens with zero attached hydrogens (tertiary/aromatic N) is 9. The number of fused-ring (bicyclic) bond motifs is 1. The lowest BCUT2D eigenvalue weighted by molar-refractivity contribution is -0.210. The molecule has 0 bridgehead atoms. The van der Waals surface area contributed by atoms with Gasteiger partial charge in [0, 0.05) is 31.6 Å². The Morgan fingerprint density at radius 2 is 1.70 bits per heavy atom. The van der Waals surface area contributed by atoms with Gasteiger partial charge in [-0.3, -0.25) is 4.90 Å². The molecule has 1 aliphatic carbocycles. The van der Waals surface area contributed by atoms with Crippen molar-refractivity contribution in [1.82, 2.24) is 39.4 Å². The number of alkyl halides is 3. The topological polar surface area (TPSA) is 139 Å². The standard InChI is InChI=1S/C38H43F3N10O3/c1-2-26-20-44-51(47-26)30-19-29(32(52)33(30)54-36(53)38(39,40)41)50-23-43-31-34(42-21-28(24-11-5-3-6-12-24)25-13-7-4-8-14-25)45-37(46-35(31)50)49-18-15-27(22-49)48-16-9-10-17-48/h3-8,11-14,20,23,27-30,32-33,52H,2,9-10,15-19,21-22H2,1H3,(H,42,45,46)/t27-,29-,30+,32+,33-/m1/s1. The van der Waals surface area contributed by atoms with E-state index in [2.05, 4.69) is 49.6 Å². The molecule has 13 nitrogen and oxygen atoms in total. The van der Waals surface area contributed by atoms with Crippen molar-refractivity contribution in [2.75, 3.05) is 42.9 Å². The molecule has 5 atom stereocenters. The van der Waals surface area contributed by atoms with Gasteiger partial charge in [0.15, 0.2) is 23.1 Å². The van der Waals surface area contributed by atoms with Gasteiger partial charge in [-0.15, -0.1) is 0 Å². The Labute approximate surface area is 310 Å². The van der Waals surface area contributed by atoms with Crippen LogP contribution in [0, 0.1) is 0 Å². The van der Waals surface area contributed by atoms with Gasteiger partial charge in [0.25, 0.3) is 0 Å². The largest absolute Gasteiger partial charge is 0.490 e. The SMILES string of the molecule is CCc1cnn([C@H]2C[C@@H](n3cnc4c(NCC(c5ccccc5)c5ccccc5)nc(N5CC[C@@H](N6CCCC6)C5)nc43)[C@H](O)[C@@H]2OC(=O)C(F)(F)F)n1. The van der Waals surface area contributed by atoms with Crippen LogP contribution in [0.15, 0.2) is 73.2 Å². The molecule has 0 radical (unpaired) electrons. The molecule has 2 aromatic carbocycles. The van der Waals surface area contributed by atoms with Crippen molar-refractivity contribution in [2.45, 2.75) is 81.5 Å². The second kappa shape index (κ2) is 15.0.